The van der Waals surface area contributed by atoms with E-state index < -0.39 is 0 Å². The third-order valence-electron chi connectivity index (χ3n) is 1.34. The Labute approximate surface area is 90.5 Å². The SMILES string of the molecule is Brc1cnn(-c2ccc(Br)s2)c1. The van der Waals surface area contributed by atoms with Crippen LogP contribution in [-0.4, -0.2) is 9.78 Å². The molecule has 0 amide bonds. The van der Waals surface area contributed by atoms with Gasteiger partial charge in [0.1, 0.15) is 5.00 Å². The lowest BCUT2D eigenvalue weighted by atomic mass is 10.6. The van der Waals surface area contributed by atoms with E-state index in [1.165, 1.54) is 0 Å². The zero-order valence-corrected chi connectivity index (χ0v) is 9.86. The van der Waals surface area contributed by atoms with Crippen LogP contribution in [-0.2, 0) is 0 Å². The summed E-state index contributed by atoms with van der Waals surface area (Å²) in [4.78, 5) is 0. The number of halogens is 2. The van der Waals surface area contributed by atoms with E-state index in [1.54, 1.807) is 17.5 Å². The molecule has 5 heteroatoms. The van der Waals surface area contributed by atoms with Crippen molar-refractivity contribution in [2.45, 2.75) is 0 Å². The molecule has 0 atom stereocenters. The quantitative estimate of drug-likeness (QED) is 0.789. The Kier molecular flexibility index (Phi) is 2.34. The summed E-state index contributed by atoms with van der Waals surface area (Å²) in [6.45, 7) is 0. The van der Waals surface area contributed by atoms with Crippen molar-refractivity contribution in [2.75, 3.05) is 0 Å². The highest BCUT2D eigenvalue weighted by Crippen LogP contribution is 2.25. The van der Waals surface area contributed by atoms with Crippen molar-refractivity contribution in [3.63, 3.8) is 0 Å². The summed E-state index contributed by atoms with van der Waals surface area (Å²) in [5, 5.41) is 5.26. The fourth-order valence-corrected chi connectivity index (χ4v) is 2.43. The van der Waals surface area contributed by atoms with Crippen molar-refractivity contribution in [1.29, 1.82) is 0 Å². The molecule has 2 aromatic rings. The van der Waals surface area contributed by atoms with E-state index in [0.29, 0.717) is 0 Å². The van der Waals surface area contributed by atoms with E-state index in [0.717, 1.165) is 13.3 Å². The van der Waals surface area contributed by atoms with Crippen LogP contribution in [0.5, 0.6) is 0 Å². The number of thiophene rings is 1. The highest BCUT2D eigenvalue weighted by molar-refractivity contribution is 9.11. The van der Waals surface area contributed by atoms with Gasteiger partial charge in [-0.2, -0.15) is 5.10 Å². The number of hydrogen-bond acceptors (Lipinski definition) is 2. The molecule has 0 spiro atoms. The fraction of sp³-hybridized carbons (Fsp3) is 0. The Morgan fingerprint density at radius 1 is 1.33 bits per heavy atom. The standard InChI is InChI=1S/C7H4Br2N2S/c8-5-3-10-11(4-5)7-2-1-6(9)12-7/h1-4H. The minimum absolute atomic E-state index is 0.993. The fourth-order valence-electron chi connectivity index (χ4n) is 0.849. The lowest BCUT2D eigenvalue weighted by Gasteiger charge is -1.92. The molecule has 2 rings (SSSR count). The van der Waals surface area contributed by atoms with Gasteiger partial charge in [0, 0.05) is 6.20 Å². The summed E-state index contributed by atoms with van der Waals surface area (Å²) < 4.78 is 3.94. The molecular formula is C7H4Br2N2S. The van der Waals surface area contributed by atoms with Gasteiger partial charge in [0.25, 0.3) is 0 Å². The summed E-state index contributed by atoms with van der Waals surface area (Å²) in [6.07, 6.45) is 3.70. The van der Waals surface area contributed by atoms with Gasteiger partial charge in [-0.05, 0) is 44.0 Å². The molecule has 0 aromatic carbocycles. The van der Waals surface area contributed by atoms with Gasteiger partial charge in [0.2, 0.25) is 0 Å². The molecule has 0 aliphatic heterocycles. The molecule has 0 unspecified atom stereocenters. The lowest BCUT2D eigenvalue weighted by Crippen LogP contribution is -1.88. The zero-order chi connectivity index (χ0) is 8.55. The summed E-state index contributed by atoms with van der Waals surface area (Å²) in [5.74, 6) is 0. The summed E-state index contributed by atoms with van der Waals surface area (Å²) in [6, 6.07) is 4.03. The third-order valence-corrected chi connectivity index (χ3v) is 3.36. The van der Waals surface area contributed by atoms with E-state index >= 15 is 0 Å². The molecule has 2 aromatic heterocycles. The van der Waals surface area contributed by atoms with Crippen molar-refractivity contribution in [1.82, 2.24) is 9.78 Å². The summed E-state index contributed by atoms with van der Waals surface area (Å²) in [5.41, 5.74) is 0. The molecule has 0 aliphatic carbocycles. The van der Waals surface area contributed by atoms with Gasteiger partial charge in [-0.3, -0.25) is 0 Å². The first-order chi connectivity index (χ1) is 5.75. The first-order valence-electron chi connectivity index (χ1n) is 3.21. The number of aromatic nitrogens is 2. The van der Waals surface area contributed by atoms with Crippen LogP contribution >= 0.6 is 43.2 Å². The molecule has 62 valence electrons. The first kappa shape index (κ1) is 8.47. The molecule has 0 aliphatic rings. The Bertz CT molecular complexity index is 355. The van der Waals surface area contributed by atoms with Gasteiger partial charge in [0.15, 0.2) is 0 Å². The Morgan fingerprint density at radius 2 is 2.17 bits per heavy atom. The van der Waals surface area contributed by atoms with Gasteiger partial charge in [0.05, 0.1) is 14.5 Å². The molecule has 0 saturated heterocycles. The van der Waals surface area contributed by atoms with Crippen LogP contribution < -0.4 is 0 Å². The smallest absolute Gasteiger partial charge is 0.118 e. The largest absolute Gasteiger partial charge is 0.230 e. The second-order valence-corrected chi connectivity index (χ2v) is 5.54. The predicted molar refractivity (Wildman–Crippen MR) is 56.8 cm³/mol. The van der Waals surface area contributed by atoms with Gasteiger partial charge in [-0.15, -0.1) is 11.3 Å². The molecule has 2 heterocycles. The Hall–Kier alpha value is -0.130. The molecule has 0 bridgehead atoms. The van der Waals surface area contributed by atoms with E-state index in [4.69, 9.17) is 0 Å². The third kappa shape index (κ3) is 1.62. The normalized spacial score (nSPS) is 10.5. The number of nitrogens with zero attached hydrogens (tertiary/aromatic N) is 2. The maximum atomic E-state index is 4.16. The van der Waals surface area contributed by atoms with Crippen molar-refractivity contribution in [3.05, 3.63) is 32.8 Å². The second kappa shape index (κ2) is 3.32. The molecule has 0 saturated carbocycles. The van der Waals surface area contributed by atoms with Crippen LogP contribution in [0.15, 0.2) is 32.8 Å². The second-order valence-electron chi connectivity index (χ2n) is 2.18. The first-order valence-corrected chi connectivity index (χ1v) is 5.62. The Morgan fingerprint density at radius 3 is 2.67 bits per heavy atom. The van der Waals surface area contributed by atoms with Crippen LogP contribution in [0.3, 0.4) is 0 Å². The number of hydrogen-bond donors (Lipinski definition) is 0. The van der Waals surface area contributed by atoms with Crippen LogP contribution in [0.4, 0.5) is 0 Å². The van der Waals surface area contributed by atoms with Crippen molar-refractivity contribution in [3.8, 4) is 5.00 Å². The van der Waals surface area contributed by atoms with Crippen LogP contribution in [0.25, 0.3) is 5.00 Å². The van der Waals surface area contributed by atoms with E-state index in [1.807, 2.05) is 23.0 Å². The predicted octanol–water partition coefficient (Wildman–Crippen LogP) is 3.46. The molecular weight excluding hydrogens is 304 g/mol. The van der Waals surface area contributed by atoms with Gasteiger partial charge in [-0.1, -0.05) is 0 Å². The zero-order valence-electron chi connectivity index (χ0n) is 5.87. The highest BCUT2D eigenvalue weighted by Gasteiger charge is 2.00. The summed E-state index contributed by atoms with van der Waals surface area (Å²) in [7, 11) is 0. The van der Waals surface area contributed by atoms with Crippen LogP contribution in [0, 0.1) is 0 Å². The molecule has 2 nitrogen and oxygen atoms in total. The van der Waals surface area contributed by atoms with Crippen molar-refractivity contribution >= 4 is 43.2 Å². The highest BCUT2D eigenvalue weighted by atomic mass is 79.9. The van der Waals surface area contributed by atoms with Crippen molar-refractivity contribution in [2.24, 2.45) is 0 Å². The van der Waals surface area contributed by atoms with Gasteiger partial charge >= 0.3 is 0 Å². The molecule has 12 heavy (non-hydrogen) atoms. The molecule has 0 fully saturated rings. The minimum Gasteiger partial charge on any atom is -0.230 e. The number of rotatable bonds is 1. The van der Waals surface area contributed by atoms with E-state index in [2.05, 4.69) is 37.0 Å². The van der Waals surface area contributed by atoms with Gasteiger partial charge < -0.3 is 0 Å². The average molecular weight is 308 g/mol. The maximum Gasteiger partial charge on any atom is 0.118 e. The molecule has 0 radical (unpaired) electrons. The van der Waals surface area contributed by atoms with Gasteiger partial charge in [-0.25, -0.2) is 4.68 Å². The van der Waals surface area contributed by atoms with Crippen LogP contribution in [0.2, 0.25) is 0 Å². The van der Waals surface area contributed by atoms with Crippen molar-refractivity contribution < 1.29 is 0 Å². The maximum absolute atomic E-state index is 4.16. The summed E-state index contributed by atoms with van der Waals surface area (Å²) >= 11 is 8.40. The Balaban J connectivity index is 2.43. The minimum atomic E-state index is 0.993. The van der Waals surface area contributed by atoms with E-state index in [9.17, 15) is 0 Å². The van der Waals surface area contributed by atoms with E-state index in [-0.39, 0.29) is 0 Å². The average Bonchev–Trinajstić information content (AvgIpc) is 2.58. The topological polar surface area (TPSA) is 17.8 Å². The van der Waals surface area contributed by atoms with Crippen LogP contribution in [0.1, 0.15) is 0 Å². The molecule has 0 N–H and O–H groups in total. The monoisotopic (exact) mass is 306 g/mol. The lowest BCUT2D eigenvalue weighted by molar-refractivity contribution is 0.897.